The van der Waals surface area contributed by atoms with Crippen LogP contribution in [0.3, 0.4) is 0 Å². The second kappa shape index (κ2) is 7.76. The molecule has 2 aromatic rings. The lowest BCUT2D eigenvalue weighted by Gasteiger charge is -2.28. The zero-order valence-corrected chi connectivity index (χ0v) is 15.7. The minimum absolute atomic E-state index is 0.165. The minimum atomic E-state index is -0.223. The highest BCUT2D eigenvalue weighted by Crippen LogP contribution is 2.33. The van der Waals surface area contributed by atoms with Gasteiger partial charge >= 0.3 is 0 Å². The number of rotatable bonds is 4. The normalized spacial score (nSPS) is 15.9. The summed E-state index contributed by atoms with van der Waals surface area (Å²) in [5.41, 5.74) is 3.44. The lowest BCUT2D eigenvalue weighted by Crippen LogP contribution is -2.35. The van der Waals surface area contributed by atoms with E-state index in [1.165, 1.54) is 6.08 Å². The van der Waals surface area contributed by atoms with Crippen LogP contribution in [0.5, 0.6) is 11.5 Å². The quantitative estimate of drug-likeness (QED) is 0.820. The molecular formula is C22H22N2O4. The van der Waals surface area contributed by atoms with Crippen LogP contribution in [0.15, 0.2) is 42.5 Å². The number of nitrogens with zero attached hydrogens (tertiary/aromatic N) is 1. The summed E-state index contributed by atoms with van der Waals surface area (Å²) in [6.45, 7) is 2.93. The van der Waals surface area contributed by atoms with E-state index in [2.05, 4.69) is 5.32 Å². The van der Waals surface area contributed by atoms with E-state index in [4.69, 9.17) is 9.47 Å². The number of aryl methyl sites for hydroxylation is 1. The number of anilines is 2. The molecule has 6 heteroatoms. The van der Waals surface area contributed by atoms with Gasteiger partial charge in [-0.15, -0.1) is 0 Å². The molecule has 2 amide bonds. The fraction of sp³-hybridized carbons (Fsp3) is 0.273. The van der Waals surface area contributed by atoms with Crippen LogP contribution < -0.4 is 19.7 Å². The molecule has 1 N–H and O–H groups in total. The first kappa shape index (κ1) is 18.1. The van der Waals surface area contributed by atoms with Crippen molar-refractivity contribution < 1.29 is 19.1 Å². The van der Waals surface area contributed by atoms with Gasteiger partial charge in [-0.1, -0.05) is 6.07 Å². The van der Waals surface area contributed by atoms with E-state index in [-0.39, 0.29) is 18.6 Å². The first-order valence-electron chi connectivity index (χ1n) is 9.40. The second-order valence-corrected chi connectivity index (χ2v) is 6.94. The molecule has 0 aromatic heterocycles. The average Bonchev–Trinajstić information content (AvgIpc) is 3.15. The van der Waals surface area contributed by atoms with Gasteiger partial charge in [0.1, 0.15) is 0 Å². The molecule has 0 radical (unpaired) electrons. The molecule has 0 saturated carbocycles. The Balaban J connectivity index is 1.41. The molecular weight excluding hydrogens is 356 g/mol. The van der Waals surface area contributed by atoms with Crippen LogP contribution >= 0.6 is 0 Å². The van der Waals surface area contributed by atoms with Crippen molar-refractivity contribution in [2.24, 2.45) is 0 Å². The lowest BCUT2D eigenvalue weighted by atomic mass is 10.1. The van der Waals surface area contributed by atoms with E-state index < -0.39 is 0 Å². The Morgan fingerprint density at radius 3 is 2.79 bits per heavy atom. The van der Waals surface area contributed by atoms with Crippen LogP contribution in [0.2, 0.25) is 0 Å². The summed E-state index contributed by atoms with van der Waals surface area (Å²) in [5.74, 6) is 1.34. The summed E-state index contributed by atoms with van der Waals surface area (Å²) in [6, 6.07) is 11.1. The highest BCUT2D eigenvalue weighted by molar-refractivity contribution is 6.02. The van der Waals surface area contributed by atoms with Crippen molar-refractivity contribution in [2.45, 2.75) is 26.2 Å². The molecule has 144 valence electrons. The number of hydrogen-bond acceptors (Lipinski definition) is 4. The predicted molar refractivity (Wildman–Crippen MR) is 108 cm³/mol. The maximum Gasteiger partial charge on any atom is 0.248 e. The first-order valence-corrected chi connectivity index (χ1v) is 9.40. The molecule has 0 bridgehead atoms. The number of fused-ring (bicyclic) bond motifs is 1. The van der Waals surface area contributed by atoms with Gasteiger partial charge in [-0.25, -0.2) is 0 Å². The van der Waals surface area contributed by atoms with Gasteiger partial charge in [-0.05, 0) is 67.3 Å². The summed E-state index contributed by atoms with van der Waals surface area (Å²) in [4.78, 5) is 26.2. The maximum absolute atomic E-state index is 12.3. The summed E-state index contributed by atoms with van der Waals surface area (Å²) < 4.78 is 10.6. The Bertz CT molecular complexity index is 952. The average molecular weight is 378 g/mol. The molecule has 1 saturated heterocycles. The molecule has 28 heavy (non-hydrogen) atoms. The standard InChI is InChI=1S/C22H22N2O4/c1-15-12-17(7-8-18(15)24-11-3-2-4-22(24)26)23-21(25)10-6-16-5-9-19-20(13-16)28-14-27-19/h5-10,12-13H,2-4,11,14H2,1H3,(H,23,25)/b10-6+. The summed E-state index contributed by atoms with van der Waals surface area (Å²) in [6.07, 6.45) is 5.79. The zero-order valence-electron chi connectivity index (χ0n) is 15.7. The van der Waals surface area contributed by atoms with Crippen LogP contribution in [0.1, 0.15) is 30.4 Å². The molecule has 4 rings (SSSR count). The molecule has 0 unspecified atom stereocenters. The van der Waals surface area contributed by atoms with E-state index >= 15 is 0 Å². The maximum atomic E-state index is 12.3. The zero-order chi connectivity index (χ0) is 19.5. The van der Waals surface area contributed by atoms with Crippen LogP contribution in [0, 0.1) is 6.92 Å². The number of nitrogens with one attached hydrogen (secondary N) is 1. The highest BCUT2D eigenvalue weighted by atomic mass is 16.7. The third-order valence-electron chi connectivity index (χ3n) is 4.90. The lowest BCUT2D eigenvalue weighted by molar-refractivity contribution is -0.119. The second-order valence-electron chi connectivity index (χ2n) is 6.94. The van der Waals surface area contributed by atoms with E-state index in [9.17, 15) is 9.59 Å². The van der Waals surface area contributed by atoms with E-state index in [1.54, 1.807) is 6.08 Å². The molecule has 6 nitrogen and oxygen atoms in total. The summed E-state index contributed by atoms with van der Waals surface area (Å²) in [5, 5.41) is 2.86. The topological polar surface area (TPSA) is 67.9 Å². The van der Waals surface area contributed by atoms with Gasteiger partial charge in [-0.2, -0.15) is 0 Å². The van der Waals surface area contributed by atoms with E-state index in [0.717, 1.165) is 36.2 Å². The SMILES string of the molecule is Cc1cc(NC(=O)/C=C/c2ccc3c(c2)OCO3)ccc1N1CCCCC1=O. The molecule has 1 fully saturated rings. The number of hydrogen-bond donors (Lipinski definition) is 1. The number of benzene rings is 2. The molecule has 0 aliphatic carbocycles. The van der Waals surface area contributed by atoms with Crippen LogP contribution in [-0.4, -0.2) is 25.2 Å². The number of carbonyl (C=O) groups is 2. The molecule has 2 aliphatic rings. The van der Waals surface area contributed by atoms with Crippen molar-refractivity contribution >= 4 is 29.3 Å². The fourth-order valence-corrected chi connectivity index (χ4v) is 3.47. The van der Waals surface area contributed by atoms with E-state index in [0.29, 0.717) is 23.6 Å². The molecule has 2 aromatic carbocycles. The Kier molecular flexibility index (Phi) is 5.02. The molecule has 0 spiro atoms. The fourth-order valence-electron chi connectivity index (χ4n) is 3.47. The van der Waals surface area contributed by atoms with Gasteiger partial charge in [0.15, 0.2) is 11.5 Å². The molecule has 2 aliphatic heterocycles. The van der Waals surface area contributed by atoms with Crippen molar-refractivity contribution in [1.82, 2.24) is 0 Å². The Morgan fingerprint density at radius 2 is 1.96 bits per heavy atom. The predicted octanol–water partition coefficient (Wildman–Crippen LogP) is 3.89. The van der Waals surface area contributed by atoms with Crippen LogP contribution in [-0.2, 0) is 9.59 Å². The highest BCUT2D eigenvalue weighted by Gasteiger charge is 2.21. The van der Waals surface area contributed by atoms with Crippen molar-refractivity contribution in [2.75, 3.05) is 23.6 Å². The Morgan fingerprint density at radius 1 is 1.11 bits per heavy atom. The van der Waals surface area contributed by atoms with Crippen LogP contribution in [0.4, 0.5) is 11.4 Å². The Labute approximate surface area is 163 Å². The summed E-state index contributed by atoms with van der Waals surface area (Å²) in [7, 11) is 0. The van der Waals surface area contributed by atoms with Gasteiger partial charge in [0.2, 0.25) is 18.6 Å². The van der Waals surface area contributed by atoms with Gasteiger partial charge < -0.3 is 19.7 Å². The number of ether oxygens (including phenoxy) is 2. The largest absolute Gasteiger partial charge is 0.454 e. The van der Waals surface area contributed by atoms with Gasteiger partial charge in [0, 0.05) is 30.4 Å². The van der Waals surface area contributed by atoms with Crippen molar-refractivity contribution in [1.29, 1.82) is 0 Å². The minimum Gasteiger partial charge on any atom is -0.454 e. The van der Waals surface area contributed by atoms with Gasteiger partial charge in [0.25, 0.3) is 0 Å². The summed E-state index contributed by atoms with van der Waals surface area (Å²) >= 11 is 0. The smallest absolute Gasteiger partial charge is 0.248 e. The Hall–Kier alpha value is -3.28. The monoisotopic (exact) mass is 378 g/mol. The van der Waals surface area contributed by atoms with Crippen molar-refractivity contribution in [3.8, 4) is 11.5 Å². The van der Waals surface area contributed by atoms with E-state index in [1.807, 2.05) is 48.2 Å². The third-order valence-corrected chi connectivity index (χ3v) is 4.90. The third kappa shape index (κ3) is 3.86. The van der Waals surface area contributed by atoms with Crippen LogP contribution in [0.25, 0.3) is 6.08 Å². The number of amides is 2. The van der Waals surface area contributed by atoms with Gasteiger partial charge in [0.05, 0.1) is 0 Å². The number of carbonyl (C=O) groups excluding carboxylic acids is 2. The number of piperidine rings is 1. The van der Waals surface area contributed by atoms with Crippen molar-refractivity contribution in [3.63, 3.8) is 0 Å². The van der Waals surface area contributed by atoms with Gasteiger partial charge in [-0.3, -0.25) is 9.59 Å². The first-order chi connectivity index (χ1) is 13.6. The van der Waals surface area contributed by atoms with Crippen molar-refractivity contribution in [3.05, 3.63) is 53.6 Å². The molecule has 0 atom stereocenters. The molecule has 2 heterocycles.